The molecule has 0 aliphatic carbocycles. The molecule has 0 saturated carbocycles. The summed E-state index contributed by atoms with van der Waals surface area (Å²) >= 11 is 0. The van der Waals surface area contributed by atoms with E-state index in [-0.39, 0.29) is 0 Å². The van der Waals surface area contributed by atoms with Crippen molar-refractivity contribution in [2.24, 2.45) is 4.99 Å². The highest BCUT2D eigenvalue weighted by Gasteiger charge is 2.14. The van der Waals surface area contributed by atoms with Crippen molar-refractivity contribution < 1.29 is 0 Å². The lowest BCUT2D eigenvalue weighted by molar-refractivity contribution is 0.892. The molecule has 2 N–H and O–H groups in total. The average molecular weight is 236 g/mol. The molecule has 1 unspecified atom stereocenters. The molecule has 0 bridgehead atoms. The first-order valence-corrected chi connectivity index (χ1v) is 6.26. The first-order valence-electron chi connectivity index (χ1n) is 6.26. The van der Waals surface area contributed by atoms with Crippen molar-refractivity contribution in [3.8, 4) is 0 Å². The summed E-state index contributed by atoms with van der Waals surface area (Å²) in [5, 5.41) is 2.46. The molecule has 90 valence electrons. The molecule has 0 amide bonds. The molecule has 1 aliphatic heterocycles. The van der Waals surface area contributed by atoms with Crippen LogP contribution in [0.4, 0.5) is 5.69 Å². The molecule has 1 atom stereocenters. The fourth-order valence-electron chi connectivity index (χ4n) is 2.52. The van der Waals surface area contributed by atoms with E-state index in [1.165, 1.54) is 16.3 Å². The number of nitrogens with two attached hydrogens (primary N) is 1. The van der Waals surface area contributed by atoms with Gasteiger partial charge in [-0.2, -0.15) is 0 Å². The molecule has 0 spiro atoms. The van der Waals surface area contributed by atoms with Crippen LogP contribution in [0.15, 0.2) is 53.2 Å². The Kier molecular flexibility index (Phi) is 2.63. The van der Waals surface area contributed by atoms with Crippen LogP contribution in [0.25, 0.3) is 10.8 Å². The van der Waals surface area contributed by atoms with E-state index in [0.29, 0.717) is 5.92 Å². The van der Waals surface area contributed by atoms with Gasteiger partial charge >= 0.3 is 0 Å². The number of nitrogen functional groups attached to an aromatic ring is 1. The highest BCUT2D eigenvalue weighted by atomic mass is 14.8. The van der Waals surface area contributed by atoms with Crippen LogP contribution in [0.1, 0.15) is 24.8 Å². The molecule has 2 heteroatoms. The van der Waals surface area contributed by atoms with Crippen LogP contribution < -0.4 is 5.73 Å². The molecule has 0 fully saturated rings. The van der Waals surface area contributed by atoms with Gasteiger partial charge in [0.2, 0.25) is 0 Å². The summed E-state index contributed by atoms with van der Waals surface area (Å²) in [6.45, 7) is 2.20. The van der Waals surface area contributed by atoms with Crippen LogP contribution in [0, 0.1) is 0 Å². The standard InChI is InChI=1S/C16H16N2/c1-11(16-6-3-9-18-16)14-5-2-4-12-7-8-13(17)10-15(12)14/h2,4-11H,3,17H2,1H3. The van der Waals surface area contributed by atoms with Crippen LogP contribution in [-0.2, 0) is 0 Å². The van der Waals surface area contributed by atoms with Crippen molar-refractivity contribution in [2.45, 2.75) is 19.3 Å². The summed E-state index contributed by atoms with van der Waals surface area (Å²) in [5.74, 6) is 0.314. The Hall–Kier alpha value is -2.09. The number of allylic oxidation sites excluding steroid dienone is 2. The lowest BCUT2D eigenvalue weighted by Crippen LogP contribution is -1.97. The number of hydrogen-bond donors (Lipinski definition) is 1. The van der Waals surface area contributed by atoms with Gasteiger partial charge in [-0.1, -0.05) is 37.3 Å². The van der Waals surface area contributed by atoms with Crippen LogP contribution in [-0.4, -0.2) is 6.21 Å². The lowest BCUT2D eigenvalue weighted by Gasteiger charge is -2.14. The van der Waals surface area contributed by atoms with Crippen LogP contribution in [0.3, 0.4) is 0 Å². The van der Waals surface area contributed by atoms with Crippen molar-refractivity contribution >= 4 is 22.7 Å². The minimum atomic E-state index is 0.314. The van der Waals surface area contributed by atoms with Gasteiger partial charge in [0.15, 0.2) is 0 Å². The number of nitrogens with zero attached hydrogens (tertiary/aromatic N) is 1. The molecule has 0 aromatic heterocycles. The molecule has 0 saturated heterocycles. The maximum absolute atomic E-state index is 5.90. The largest absolute Gasteiger partial charge is 0.399 e. The Morgan fingerprint density at radius 1 is 1.22 bits per heavy atom. The average Bonchev–Trinajstić information content (AvgIpc) is 2.91. The second-order valence-corrected chi connectivity index (χ2v) is 4.73. The Balaban J connectivity index is 2.16. The Morgan fingerprint density at radius 2 is 2.11 bits per heavy atom. The summed E-state index contributed by atoms with van der Waals surface area (Å²) in [6.07, 6.45) is 5.10. The van der Waals surface area contributed by atoms with Gasteiger partial charge in [0.25, 0.3) is 0 Å². The topological polar surface area (TPSA) is 38.4 Å². The highest BCUT2D eigenvalue weighted by molar-refractivity contribution is 5.89. The van der Waals surface area contributed by atoms with E-state index in [9.17, 15) is 0 Å². The summed E-state index contributed by atoms with van der Waals surface area (Å²) in [5.41, 5.74) is 9.17. The zero-order chi connectivity index (χ0) is 12.5. The van der Waals surface area contributed by atoms with Gasteiger partial charge in [0.05, 0.1) is 0 Å². The predicted octanol–water partition coefficient (Wildman–Crippen LogP) is 3.88. The Morgan fingerprint density at radius 3 is 2.89 bits per heavy atom. The van der Waals surface area contributed by atoms with E-state index in [2.05, 4.69) is 48.3 Å². The summed E-state index contributed by atoms with van der Waals surface area (Å²) in [4.78, 5) is 4.45. The third-order valence-corrected chi connectivity index (χ3v) is 3.52. The van der Waals surface area contributed by atoms with Crippen LogP contribution in [0.2, 0.25) is 0 Å². The summed E-state index contributed by atoms with van der Waals surface area (Å²) in [7, 11) is 0. The third-order valence-electron chi connectivity index (χ3n) is 3.52. The Bertz CT molecular complexity index is 653. The van der Waals surface area contributed by atoms with Gasteiger partial charge in [0.1, 0.15) is 0 Å². The summed E-state index contributed by atoms with van der Waals surface area (Å²) < 4.78 is 0. The molecule has 0 radical (unpaired) electrons. The Labute approximate surface area is 107 Å². The summed E-state index contributed by atoms with van der Waals surface area (Å²) in [6, 6.07) is 12.5. The maximum atomic E-state index is 5.90. The highest BCUT2D eigenvalue weighted by Crippen LogP contribution is 2.33. The van der Waals surface area contributed by atoms with Crippen LogP contribution in [0.5, 0.6) is 0 Å². The molecule has 18 heavy (non-hydrogen) atoms. The monoisotopic (exact) mass is 236 g/mol. The van der Waals surface area contributed by atoms with Gasteiger partial charge in [0, 0.05) is 29.9 Å². The molecule has 1 aliphatic rings. The third kappa shape index (κ3) is 1.80. The van der Waals surface area contributed by atoms with Gasteiger partial charge in [-0.25, -0.2) is 0 Å². The van der Waals surface area contributed by atoms with Crippen molar-refractivity contribution in [1.82, 2.24) is 0 Å². The van der Waals surface area contributed by atoms with Gasteiger partial charge in [-0.3, -0.25) is 4.99 Å². The zero-order valence-corrected chi connectivity index (χ0v) is 10.4. The minimum absolute atomic E-state index is 0.314. The van der Waals surface area contributed by atoms with Gasteiger partial charge in [-0.05, 0) is 28.5 Å². The maximum Gasteiger partial charge on any atom is 0.0435 e. The van der Waals surface area contributed by atoms with Gasteiger partial charge < -0.3 is 5.73 Å². The molecular weight excluding hydrogens is 220 g/mol. The predicted molar refractivity (Wildman–Crippen MR) is 78.0 cm³/mol. The molecule has 2 nitrogen and oxygen atoms in total. The lowest BCUT2D eigenvalue weighted by atomic mass is 9.92. The van der Waals surface area contributed by atoms with Crippen molar-refractivity contribution in [3.05, 3.63) is 53.7 Å². The molecular formula is C16H16N2. The quantitative estimate of drug-likeness (QED) is 0.789. The number of fused-ring (bicyclic) bond motifs is 1. The minimum Gasteiger partial charge on any atom is -0.399 e. The van der Waals surface area contributed by atoms with E-state index in [0.717, 1.165) is 17.8 Å². The molecule has 1 heterocycles. The number of hydrogen-bond acceptors (Lipinski definition) is 2. The van der Waals surface area contributed by atoms with Crippen molar-refractivity contribution in [2.75, 3.05) is 5.73 Å². The number of anilines is 1. The number of aliphatic imine (C=N–C) groups is 1. The SMILES string of the molecule is CC(C1=CCC=N1)c1cccc2ccc(N)cc12. The van der Waals surface area contributed by atoms with E-state index in [1.807, 2.05) is 12.3 Å². The molecule has 3 rings (SSSR count). The second kappa shape index (κ2) is 4.30. The van der Waals surface area contributed by atoms with E-state index in [1.54, 1.807) is 0 Å². The normalized spacial score (nSPS) is 15.9. The second-order valence-electron chi connectivity index (χ2n) is 4.73. The van der Waals surface area contributed by atoms with E-state index in [4.69, 9.17) is 5.73 Å². The van der Waals surface area contributed by atoms with E-state index >= 15 is 0 Å². The van der Waals surface area contributed by atoms with Crippen LogP contribution >= 0.6 is 0 Å². The van der Waals surface area contributed by atoms with Crippen molar-refractivity contribution in [3.63, 3.8) is 0 Å². The van der Waals surface area contributed by atoms with E-state index < -0.39 is 0 Å². The van der Waals surface area contributed by atoms with Crippen molar-refractivity contribution in [1.29, 1.82) is 0 Å². The fraction of sp³-hybridized carbons (Fsp3) is 0.188. The zero-order valence-electron chi connectivity index (χ0n) is 10.4. The molecule has 2 aromatic rings. The van der Waals surface area contributed by atoms with Gasteiger partial charge in [-0.15, -0.1) is 0 Å². The number of rotatable bonds is 2. The smallest absolute Gasteiger partial charge is 0.0435 e. The first kappa shape index (κ1) is 11.0. The fourth-order valence-corrected chi connectivity index (χ4v) is 2.52. The first-order chi connectivity index (χ1) is 8.75. The molecule has 2 aromatic carbocycles. The number of benzene rings is 2.